The van der Waals surface area contributed by atoms with E-state index in [1.54, 1.807) is 11.7 Å². The van der Waals surface area contributed by atoms with Crippen LogP contribution in [0.5, 0.6) is 5.75 Å². The molecule has 0 aliphatic carbocycles. The molecule has 1 aliphatic heterocycles. The fraction of sp³-hybridized carbons (Fsp3) is 0.238. The maximum absolute atomic E-state index is 12.7. The predicted molar refractivity (Wildman–Crippen MR) is 108 cm³/mol. The van der Waals surface area contributed by atoms with Gasteiger partial charge in [0.25, 0.3) is 5.56 Å². The van der Waals surface area contributed by atoms with E-state index < -0.39 is 0 Å². The lowest BCUT2D eigenvalue weighted by molar-refractivity contribution is 0.383. The Balaban J connectivity index is 1.37. The molecule has 1 N–H and O–H groups in total. The molecule has 146 valence electrons. The van der Waals surface area contributed by atoms with Crippen LogP contribution in [0.15, 0.2) is 51.8 Å². The highest BCUT2D eigenvalue weighted by atomic mass is 16.5. The van der Waals surface area contributed by atoms with E-state index in [-0.39, 0.29) is 5.56 Å². The van der Waals surface area contributed by atoms with E-state index >= 15 is 0 Å². The lowest BCUT2D eigenvalue weighted by Crippen LogP contribution is -2.21. The minimum atomic E-state index is 0.0161. The lowest BCUT2D eigenvalue weighted by Gasteiger charge is -2.07. The Hall–Kier alpha value is -3.68. The Bertz CT molecular complexity index is 1260. The number of fused-ring (bicyclic) bond motifs is 2. The molecule has 0 saturated carbocycles. The minimum absolute atomic E-state index is 0.0161. The van der Waals surface area contributed by atoms with E-state index in [4.69, 9.17) is 9.26 Å². The molecule has 0 unspecified atom stereocenters. The van der Waals surface area contributed by atoms with Gasteiger partial charge >= 0.3 is 0 Å². The molecular formula is C21H19N5O3. The average molecular weight is 389 g/mol. The molecule has 0 atom stereocenters. The normalized spacial score (nSPS) is 12.9. The first kappa shape index (κ1) is 17.4. The third-order valence-electron chi connectivity index (χ3n) is 5.08. The molecule has 2 aromatic carbocycles. The number of benzene rings is 2. The van der Waals surface area contributed by atoms with Crippen molar-refractivity contribution in [2.45, 2.75) is 25.9 Å². The van der Waals surface area contributed by atoms with Crippen LogP contribution in [0.25, 0.3) is 22.3 Å². The first-order chi connectivity index (χ1) is 14.2. The number of rotatable bonds is 5. The number of ether oxygens (including phenoxy) is 1. The smallest absolute Gasteiger partial charge is 0.261 e. The van der Waals surface area contributed by atoms with Crippen molar-refractivity contribution in [2.24, 2.45) is 0 Å². The Morgan fingerprint density at radius 2 is 2.10 bits per heavy atom. The molecular weight excluding hydrogens is 370 g/mol. The van der Waals surface area contributed by atoms with E-state index in [0.717, 1.165) is 42.0 Å². The summed E-state index contributed by atoms with van der Waals surface area (Å²) in [7, 11) is 1.61. The minimum Gasteiger partial charge on any atom is -0.496 e. The summed E-state index contributed by atoms with van der Waals surface area (Å²) in [4.78, 5) is 21.8. The topological polar surface area (TPSA) is 95.1 Å². The molecule has 2 aromatic heterocycles. The number of aromatic nitrogens is 4. The first-order valence-electron chi connectivity index (χ1n) is 9.46. The van der Waals surface area contributed by atoms with E-state index in [0.29, 0.717) is 29.4 Å². The van der Waals surface area contributed by atoms with Crippen molar-refractivity contribution in [1.82, 2.24) is 19.7 Å². The number of para-hydroxylation sites is 1. The van der Waals surface area contributed by atoms with E-state index in [1.807, 2.05) is 42.5 Å². The Morgan fingerprint density at radius 3 is 3.00 bits per heavy atom. The maximum Gasteiger partial charge on any atom is 0.261 e. The monoisotopic (exact) mass is 389 g/mol. The third-order valence-corrected chi connectivity index (χ3v) is 5.08. The van der Waals surface area contributed by atoms with Crippen LogP contribution in [0.2, 0.25) is 0 Å². The Kier molecular flexibility index (Phi) is 4.23. The average Bonchev–Trinajstić information content (AvgIpc) is 3.42. The molecule has 0 radical (unpaired) electrons. The fourth-order valence-electron chi connectivity index (χ4n) is 3.64. The second-order valence-corrected chi connectivity index (χ2v) is 6.89. The summed E-state index contributed by atoms with van der Waals surface area (Å²) in [5, 5.41) is 7.89. The molecule has 0 bridgehead atoms. The zero-order chi connectivity index (χ0) is 19.8. The third kappa shape index (κ3) is 3.12. The molecule has 8 nitrogen and oxygen atoms in total. The van der Waals surface area contributed by atoms with Crippen LogP contribution in [0, 0.1) is 0 Å². The fourth-order valence-corrected chi connectivity index (χ4v) is 3.64. The molecule has 0 fully saturated rings. The number of nitrogens with one attached hydrogen (secondary N) is 1. The number of anilines is 1. The zero-order valence-corrected chi connectivity index (χ0v) is 15.9. The Morgan fingerprint density at radius 1 is 1.21 bits per heavy atom. The number of methoxy groups -OCH3 is 1. The van der Waals surface area contributed by atoms with Crippen LogP contribution >= 0.6 is 0 Å². The van der Waals surface area contributed by atoms with Gasteiger partial charge in [-0.05, 0) is 36.8 Å². The van der Waals surface area contributed by atoms with Crippen LogP contribution in [-0.4, -0.2) is 26.8 Å². The molecule has 29 heavy (non-hydrogen) atoms. The van der Waals surface area contributed by atoms with Crippen molar-refractivity contribution in [3.63, 3.8) is 0 Å². The van der Waals surface area contributed by atoms with Gasteiger partial charge in [0.15, 0.2) is 0 Å². The van der Waals surface area contributed by atoms with Gasteiger partial charge < -0.3 is 14.6 Å². The summed E-state index contributed by atoms with van der Waals surface area (Å²) >= 11 is 0. The predicted octanol–water partition coefficient (Wildman–Crippen LogP) is 3.01. The van der Waals surface area contributed by atoms with Gasteiger partial charge in [0.05, 0.1) is 30.1 Å². The quantitative estimate of drug-likeness (QED) is 0.560. The number of hydrogen-bond donors (Lipinski definition) is 1. The van der Waals surface area contributed by atoms with Gasteiger partial charge in [0, 0.05) is 18.7 Å². The number of hydrogen-bond acceptors (Lipinski definition) is 7. The molecule has 8 heteroatoms. The summed E-state index contributed by atoms with van der Waals surface area (Å²) in [6.45, 7) is 1.08. The summed E-state index contributed by atoms with van der Waals surface area (Å²) < 4.78 is 12.5. The summed E-state index contributed by atoms with van der Waals surface area (Å²) in [5.41, 5.74) is 2.31. The van der Waals surface area contributed by atoms with E-state index in [2.05, 4.69) is 20.4 Å². The highest BCUT2D eigenvalue weighted by molar-refractivity contribution is 5.81. The van der Waals surface area contributed by atoms with E-state index in [9.17, 15) is 4.79 Å². The van der Waals surface area contributed by atoms with Crippen molar-refractivity contribution in [3.05, 3.63) is 64.5 Å². The van der Waals surface area contributed by atoms with Crippen LogP contribution in [0.4, 0.5) is 5.69 Å². The van der Waals surface area contributed by atoms with Crippen molar-refractivity contribution in [2.75, 3.05) is 12.4 Å². The van der Waals surface area contributed by atoms with Gasteiger partial charge in [0.1, 0.15) is 11.6 Å². The number of nitrogens with zero attached hydrogens (tertiary/aromatic N) is 4. The molecule has 0 spiro atoms. The van der Waals surface area contributed by atoms with Gasteiger partial charge in [-0.25, -0.2) is 4.98 Å². The second kappa shape index (κ2) is 7.05. The Labute approximate surface area is 166 Å². The first-order valence-corrected chi connectivity index (χ1v) is 9.46. The van der Waals surface area contributed by atoms with Gasteiger partial charge in [0.2, 0.25) is 11.7 Å². The zero-order valence-electron chi connectivity index (χ0n) is 15.9. The van der Waals surface area contributed by atoms with Gasteiger partial charge in [-0.2, -0.15) is 4.98 Å². The molecule has 4 aromatic rings. The van der Waals surface area contributed by atoms with Crippen LogP contribution in [0.3, 0.4) is 0 Å². The standard InChI is InChI=1S/C21H19N5O3/c1-28-17-6-3-2-5-14(17)20-24-19(29-25-20)12-22-13-8-9-16-15(11-13)21(27)26-10-4-7-18(26)23-16/h2-3,5-6,8-9,11,22H,4,7,10,12H2,1H3. The van der Waals surface area contributed by atoms with Crippen LogP contribution < -0.4 is 15.6 Å². The van der Waals surface area contributed by atoms with Gasteiger partial charge in [-0.1, -0.05) is 17.3 Å². The lowest BCUT2D eigenvalue weighted by atomic mass is 10.2. The largest absolute Gasteiger partial charge is 0.496 e. The van der Waals surface area contributed by atoms with E-state index in [1.165, 1.54) is 0 Å². The molecule has 5 rings (SSSR count). The van der Waals surface area contributed by atoms with Gasteiger partial charge in [-0.3, -0.25) is 9.36 Å². The molecule has 0 saturated heterocycles. The summed E-state index contributed by atoms with van der Waals surface area (Å²) in [6.07, 6.45) is 1.83. The SMILES string of the molecule is COc1ccccc1-c1noc(CNc2ccc3nc4n(c(=O)c3c2)CCC4)n1. The second-order valence-electron chi connectivity index (χ2n) is 6.89. The van der Waals surface area contributed by atoms with Crippen LogP contribution in [-0.2, 0) is 19.5 Å². The summed E-state index contributed by atoms with van der Waals surface area (Å²) in [5.74, 6) is 2.46. The molecule has 3 heterocycles. The van der Waals surface area contributed by atoms with Crippen molar-refractivity contribution < 1.29 is 9.26 Å². The van der Waals surface area contributed by atoms with Crippen molar-refractivity contribution in [1.29, 1.82) is 0 Å². The number of aryl methyl sites for hydroxylation is 1. The van der Waals surface area contributed by atoms with Crippen molar-refractivity contribution in [3.8, 4) is 17.1 Å². The molecule has 0 amide bonds. The highest BCUT2D eigenvalue weighted by Crippen LogP contribution is 2.27. The van der Waals surface area contributed by atoms with Gasteiger partial charge in [-0.15, -0.1) is 0 Å². The molecule has 1 aliphatic rings. The highest BCUT2D eigenvalue weighted by Gasteiger charge is 2.16. The summed E-state index contributed by atoms with van der Waals surface area (Å²) in [6, 6.07) is 13.1. The maximum atomic E-state index is 12.7. The van der Waals surface area contributed by atoms with Crippen molar-refractivity contribution >= 4 is 16.6 Å². The van der Waals surface area contributed by atoms with Crippen LogP contribution in [0.1, 0.15) is 18.1 Å².